The van der Waals surface area contributed by atoms with Gasteiger partial charge in [-0.3, -0.25) is 29.1 Å². The second kappa shape index (κ2) is 17.6. The van der Waals surface area contributed by atoms with Crippen LogP contribution in [0.15, 0.2) is 24.3 Å². The molecule has 2 N–H and O–H groups in total. The van der Waals surface area contributed by atoms with Crippen LogP contribution in [-0.4, -0.2) is 139 Å². The standard InChI is InChI=1S/C43H64N4O11Si2/c1-53-35-19-29-31(46(26-55-14-16-59(3,4)5)41(51)33-18-28(48)24-44(33)39(29)49)21-37(35)57-12-9-13-58-38-22-32-30(20-36(38)54-2)40(50)45-25-43(10-11-43)23-34(45)42(52)47(32)27-56-15-17-60(6,7)8/h19-22,28,33-34,39,48-49H,9-18,23-27H2,1-8H3/t28-,33+,34+,39?/m1/s1. The van der Waals surface area contributed by atoms with Crippen molar-refractivity contribution in [3.63, 3.8) is 0 Å². The molecule has 7 rings (SSSR count). The molecule has 3 fully saturated rings. The number of amides is 3. The zero-order valence-corrected chi connectivity index (χ0v) is 38.6. The second-order valence-electron chi connectivity index (χ2n) is 19.5. The number of benzene rings is 2. The maximum atomic E-state index is 14.2. The number of carbonyl (C=O) groups excluding carboxylic acids is 3. The van der Waals surface area contributed by atoms with E-state index in [0.29, 0.717) is 78.1 Å². The number of hydrogen-bond donors (Lipinski definition) is 2. The fourth-order valence-electron chi connectivity index (χ4n) is 8.56. The van der Waals surface area contributed by atoms with E-state index in [4.69, 9.17) is 28.4 Å². The molecular formula is C43H64N4O11Si2. The van der Waals surface area contributed by atoms with Crippen LogP contribution >= 0.6 is 0 Å². The number of ether oxygens (including phenoxy) is 6. The molecule has 1 spiro atoms. The Hall–Kier alpha value is -3.72. The Morgan fingerprint density at radius 3 is 1.83 bits per heavy atom. The predicted molar refractivity (Wildman–Crippen MR) is 232 cm³/mol. The maximum Gasteiger partial charge on any atom is 0.256 e. The van der Waals surface area contributed by atoms with E-state index in [0.717, 1.165) is 24.9 Å². The lowest BCUT2D eigenvalue weighted by atomic mass is 10.0. The highest BCUT2D eigenvalue weighted by molar-refractivity contribution is 6.76. The van der Waals surface area contributed by atoms with Gasteiger partial charge in [0.25, 0.3) is 11.8 Å². The van der Waals surface area contributed by atoms with E-state index < -0.39 is 40.6 Å². The molecule has 0 aromatic heterocycles. The molecule has 0 radical (unpaired) electrons. The summed E-state index contributed by atoms with van der Waals surface area (Å²) in [6, 6.07) is 7.40. The summed E-state index contributed by atoms with van der Waals surface area (Å²) < 4.78 is 36.2. The van der Waals surface area contributed by atoms with Crippen molar-refractivity contribution < 1.29 is 53.0 Å². The first-order chi connectivity index (χ1) is 28.4. The zero-order chi connectivity index (χ0) is 43.1. The van der Waals surface area contributed by atoms with E-state index in [1.165, 1.54) is 19.1 Å². The molecule has 15 nitrogen and oxygen atoms in total. The number of aliphatic hydroxyl groups excluding tert-OH is 2. The summed E-state index contributed by atoms with van der Waals surface area (Å²) in [4.78, 5) is 48.9. The van der Waals surface area contributed by atoms with E-state index in [2.05, 4.69) is 39.3 Å². The number of nitrogens with zero attached hydrogens (tertiary/aromatic N) is 4. The Morgan fingerprint density at radius 1 is 0.717 bits per heavy atom. The highest BCUT2D eigenvalue weighted by Crippen LogP contribution is 2.56. The lowest BCUT2D eigenvalue weighted by molar-refractivity contribution is -0.127. The van der Waals surface area contributed by atoms with E-state index in [1.54, 1.807) is 39.0 Å². The molecule has 1 saturated carbocycles. The van der Waals surface area contributed by atoms with Crippen molar-refractivity contribution in [2.24, 2.45) is 5.41 Å². The molecule has 4 heterocycles. The third-order valence-electron chi connectivity index (χ3n) is 12.4. The van der Waals surface area contributed by atoms with Gasteiger partial charge in [0.1, 0.15) is 25.7 Å². The number of rotatable bonds is 18. The van der Waals surface area contributed by atoms with Gasteiger partial charge in [-0.25, -0.2) is 0 Å². The molecule has 3 amide bonds. The van der Waals surface area contributed by atoms with Gasteiger partial charge in [-0.05, 0) is 55.3 Å². The van der Waals surface area contributed by atoms with Gasteiger partial charge in [0.2, 0.25) is 5.91 Å². The van der Waals surface area contributed by atoms with Crippen LogP contribution in [0.5, 0.6) is 23.0 Å². The number of anilines is 2. The largest absolute Gasteiger partial charge is 0.493 e. The molecule has 4 aliphatic heterocycles. The molecule has 1 aliphatic carbocycles. The van der Waals surface area contributed by atoms with E-state index in [1.807, 2.05) is 0 Å². The van der Waals surface area contributed by atoms with Crippen LogP contribution in [0.2, 0.25) is 51.4 Å². The lowest BCUT2D eigenvalue weighted by Crippen LogP contribution is -2.45. The number of hydrogen-bond acceptors (Lipinski definition) is 12. The summed E-state index contributed by atoms with van der Waals surface area (Å²) in [7, 11) is 0.276. The van der Waals surface area contributed by atoms with Crippen LogP contribution in [0.3, 0.4) is 0 Å². The molecule has 5 aliphatic rings. The first kappa shape index (κ1) is 44.3. The van der Waals surface area contributed by atoms with Gasteiger partial charge >= 0.3 is 0 Å². The average molecular weight is 869 g/mol. The van der Waals surface area contributed by atoms with E-state index >= 15 is 0 Å². The molecule has 60 heavy (non-hydrogen) atoms. The minimum Gasteiger partial charge on any atom is -0.493 e. The number of fused-ring (bicyclic) bond motifs is 4. The third-order valence-corrected chi connectivity index (χ3v) is 15.8. The van der Waals surface area contributed by atoms with Crippen molar-refractivity contribution in [3.05, 3.63) is 35.4 Å². The van der Waals surface area contributed by atoms with Gasteiger partial charge in [-0.1, -0.05) is 39.3 Å². The average Bonchev–Trinajstić information content (AvgIpc) is 3.70. The van der Waals surface area contributed by atoms with Crippen molar-refractivity contribution in [2.45, 2.75) is 108 Å². The van der Waals surface area contributed by atoms with Crippen molar-refractivity contribution in [2.75, 3.05) is 77.0 Å². The number of methoxy groups -OCH3 is 2. The van der Waals surface area contributed by atoms with Crippen molar-refractivity contribution in [1.82, 2.24) is 9.80 Å². The highest BCUT2D eigenvalue weighted by atomic mass is 28.3. The predicted octanol–water partition coefficient (Wildman–Crippen LogP) is 5.29. The van der Waals surface area contributed by atoms with Crippen molar-refractivity contribution in [1.29, 1.82) is 0 Å². The second-order valence-corrected chi connectivity index (χ2v) is 30.7. The molecule has 1 unspecified atom stereocenters. The monoisotopic (exact) mass is 868 g/mol. The Labute approximate surface area is 355 Å². The Morgan fingerprint density at radius 2 is 1.27 bits per heavy atom. The summed E-state index contributed by atoms with van der Waals surface area (Å²) >= 11 is 0. The molecule has 4 atom stereocenters. The Balaban J connectivity index is 1.07. The smallest absolute Gasteiger partial charge is 0.256 e. The van der Waals surface area contributed by atoms with Crippen LogP contribution in [0, 0.1) is 5.41 Å². The normalized spacial score (nSPS) is 23.6. The van der Waals surface area contributed by atoms with Crippen LogP contribution < -0.4 is 28.7 Å². The lowest BCUT2D eigenvalue weighted by Gasteiger charge is -2.27. The summed E-state index contributed by atoms with van der Waals surface area (Å²) in [6.45, 7) is 15.8. The molecule has 0 bridgehead atoms. The molecule has 2 saturated heterocycles. The maximum absolute atomic E-state index is 14.2. The van der Waals surface area contributed by atoms with Crippen LogP contribution in [0.25, 0.3) is 0 Å². The van der Waals surface area contributed by atoms with Gasteiger partial charge in [-0.2, -0.15) is 0 Å². The topological polar surface area (TPSA) is 160 Å². The van der Waals surface area contributed by atoms with Crippen LogP contribution in [0.1, 0.15) is 54.3 Å². The summed E-state index contributed by atoms with van der Waals surface area (Å²) in [5.41, 5.74) is 1.78. The van der Waals surface area contributed by atoms with Crippen molar-refractivity contribution in [3.8, 4) is 23.0 Å². The van der Waals surface area contributed by atoms with E-state index in [9.17, 15) is 24.6 Å². The Kier molecular flexibility index (Phi) is 13.0. The van der Waals surface area contributed by atoms with Gasteiger partial charge in [0.15, 0.2) is 23.0 Å². The minimum absolute atomic E-state index is 0.00955. The molecular weight excluding hydrogens is 805 g/mol. The molecule has 2 aromatic rings. The van der Waals surface area contributed by atoms with Crippen LogP contribution in [0.4, 0.5) is 11.4 Å². The third kappa shape index (κ3) is 9.51. The van der Waals surface area contributed by atoms with Crippen molar-refractivity contribution >= 4 is 45.2 Å². The highest BCUT2D eigenvalue weighted by Gasteiger charge is 2.57. The first-order valence-electron chi connectivity index (χ1n) is 21.3. The van der Waals surface area contributed by atoms with Crippen LogP contribution in [-0.2, 0) is 19.1 Å². The fourth-order valence-corrected chi connectivity index (χ4v) is 10.1. The SMILES string of the molecule is COc1cc2c(cc1OCCCOc1cc3c(cc1OC)C(O)N1C[C@H](O)C[C@H]1C(=O)N3COCC[Si](C)(C)C)N(COCC[Si](C)(C)C)C(=O)[C@@H]1CC3(CC3)CN1C2=O. The quantitative estimate of drug-likeness (QED) is 0.148. The number of aliphatic hydroxyl groups is 2. The fraction of sp³-hybridized carbons (Fsp3) is 0.651. The minimum atomic E-state index is -1.39. The van der Waals surface area contributed by atoms with Gasteiger partial charge in [-0.15, -0.1) is 0 Å². The molecule has 330 valence electrons. The first-order valence-corrected chi connectivity index (χ1v) is 28.7. The summed E-state index contributed by atoms with van der Waals surface area (Å²) in [5.74, 6) is 0.934. The summed E-state index contributed by atoms with van der Waals surface area (Å²) in [6.07, 6.45) is 1.46. The molecule has 17 heteroatoms. The Bertz CT molecular complexity index is 1930. The van der Waals surface area contributed by atoms with E-state index in [-0.39, 0.29) is 62.8 Å². The van der Waals surface area contributed by atoms with Gasteiger partial charge in [0.05, 0.1) is 56.5 Å². The van der Waals surface area contributed by atoms with Gasteiger partial charge < -0.3 is 43.5 Å². The zero-order valence-electron chi connectivity index (χ0n) is 36.6. The number of carbonyl (C=O) groups is 3. The van der Waals surface area contributed by atoms with Gasteiger partial charge in [0, 0.05) is 66.6 Å². The summed E-state index contributed by atoms with van der Waals surface area (Å²) in [5, 5.41) is 22.0. The molecule has 2 aromatic carbocycles.